The molecule has 2 aromatic rings. The zero-order valence-electron chi connectivity index (χ0n) is 10.6. The van der Waals surface area contributed by atoms with Crippen molar-refractivity contribution in [3.05, 3.63) is 76.8 Å². The molecule has 4 rings (SSSR count). The van der Waals surface area contributed by atoms with Gasteiger partial charge in [-0.05, 0) is 47.6 Å². The van der Waals surface area contributed by atoms with Crippen molar-refractivity contribution in [2.45, 2.75) is 18.3 Å². The molecule has 1 heteroatoms. The lowest BCUT2D eigenvalue weighted by molar-refractivity contribution is 0.777. The SMILES string of the molecule is Clc1ccc([C@]23C=C(c4ccccc4)C[C@H]2C3)cc1. The van der Waals surface area contributed by atoms with Gasteiger partial charge in [-0.15, -0.1) is 0 Å². The first-order chi connectivity index (χ1) is 9.28. The molecule has 0 aromatic heterocycles. The summed E-state index contributed by atoms with van der Waals surface area (Å²) in [6.07, 6.45) is 5.01. The molecule has 0 bridgehead atoms. The molecule has 2 aliphatic carbocycles. The molecule has 0 heterocycles. The number of hydrogen-bond donors (Lipinski definition) is 0. The van der Waals surface area contributed by atoms with Gasteiger partial charge in [0.25, 0.3) is 0 Å². The maximum atomic E-state index is 5.99. The topological polar surface area (TPSA) is 0 Å². The van der Waals surface area contributed by atoms with Crippen LogP contribution in [0.1, 0.15) is 24.0 Å². The van der Waals surface area contributed by atoms with E-state index < -0.39 is 0 Å². The Morgan fingerprint density at radius 1 is 0.947 bits per heavy atom. The Morgan fingerprint density at radius 3 is 2.42 bits per heavy atom. The van der Waals surface area contributed by atoms with E-state index >= 15 is 0 Å². The molecular formula is C18H15Cl. The smallest absolute Gasteiger partial charge is 0.0406 e. The Kier molecular flexibility index (Phi) is 2.37. The molecule has 0 saturated heterocycles. The van der Waals surface area contributed by atoms with Crippen LogP contribution in [-0.2, 0) is 5.41 Å². The van der Waals surface area contributed by atoms with E-state index in [0.29, 0.717) is 5.41 Å². The van der Waals surface area contributed by atoms with Crippen molar-refractivity contribution >= 4 is 17.2 Å². The maximum Gasteiger partial charge on any atom is 0.0406 e. The van der Waals surface area contributed by atoms with Crippen LogP contribution in [0.5, 0.6) is 0 Å². The first-order valence-electron chi connectivity index (χ1n) is 6.81. The normalized spacial score (nSPS) is 27.8. The van der Waals surface area contributed by atoms with Gasteiger partial charge in [-0.3, -0.25) is 0 Å². The van der Waals surface area contributed by atoms with Crippen LogP contribution in [0.15, 0.2) is 60.7 Å². The fourth-order valence-electron chi connectivity index (χ4n) is 3.47. The van der Waals surface area contributed by atoms with Crippen molar-refractivity contribution in [3.63, 3.8) is 0 Å². The molecule has 2 aliphatic rings. The monoisotopic (exact) mass is 266 g/mol. The van der Waals surface area contributed by atoms with Crippen LogP contribution in [0.2, 0.25) is 5.02 Å². The summed E-state index contributed by atoms with van der Waals surface area (Å²) in [6.45, 7) is 0. The number of allylic oxidation sites excluding steroid dienone is 2. The summed E-state index contributed by atoms with van der Waals surface area (Å²) in [5, 5.41) is 0.822. The minimum Gasteiger partial charge on any atom is -0.0843 e. The molecule has 0 amide bonds. The average molecular weight is 267 g/mol. The van der Waals surface area contributed by atoms with E-state index in [1.807, 2.05) is 12.1 Å². The standard InChI is InChI=1S/C18H15Cl/c19-17-8-6-15(7-9-17)18-11-14(10-16(18)12-18)13-4-2-1-3-5-13/h1-9,11,16H,10,12H2/t16-,18+/m0/s1. The van der Waals surface area contributed by atoms with Gasteiger partial charge in [0.1, 0.15) is 0 Å². The summed E-state index contributed by atoms with van der Waals surface area (Å²) >= 11 is 5.99. The summed E-state index contributed by atoms with van der Waals surface area (Å²) < 4.78 is 0. The second-order valence-electron chi connectivity index (χ2n) is 5.69. The second kappa shape index (κ2) is 3.98. The van der Waals surface area contributed by atoms with E-state index in [9.17, 15) is 0 Å². The Bertz CT molecular complexity index is 639. The van der Waals surface area contributed by atoms with Gasteiger partial charge in [0.15, 0.2) is 0 Å². The Morgan fingerprint density at radius 2 is 1.68 bits per heavy atom. The van der Waals surface area contributed by atoms with Gasteiger partial charge in [0, 0.05) is 10.4 Å². The largest absolute Gasteiger partial charge is 0.0843 e. The molecule has 19 heavy (non-hydrogen) atoms. The minimum atomic E-state index is 0.301. The van der Waals surface area contributed by atoms with Crippen LogP contribution < -0.4 is 0 Å². The van der Waals surface area contributed by atoms with Crippen molar-refractivity contribution in [3.8, 4) is 0 Å². The predicted octanol–water partition coefficient (Wildman–Crippen LogP) is 5.09. The third-order valence-electron chi connectivity index (χ3n) is 4.58. The highest BCUT2D eigenvalue weighted by molar-refractivity contribution is 6.30. The van der Waals surface area contributed by atoms with E-state index in [2.05, 4.69) is 48.5 Å². The second-order valence-corrected chi connectivity index (χ2v) is 6.12. The Balaban J connectivity index is 1.72. The van der Waals surface area contributed by atoms with E-state index in [0.717, 1.165) is 10.9 Å². The summed E-state index contributed by atoms with van der Waals surface area (Å²) in [7, 11) is 0. The fraction of sp³-hybridized carbons (Fsp3) is 0.222. The maximum absolute atomic E-state index is 5.99. The lowest BCUT2D eigenvalue weighted by atomic mass is 9.95. The summed E-state index contributed by atoms with van der Waals surface area (Å²) in [4.78, 5) is 0. The third-order valence-corrected chi connectivity index (χ3v) is 4.83. The molecule has 0 unspecified atom stereocenters. The van der Waals surface area contributed by atoms with Crippen LogP contribution in [0, 0.1) is 5.92 Å². The van der Waals surface area contributed by atoms with Crippen molar-refractivity contribution in [1.82, 2.24) is 0 Å². The van der Waals surface area contributed by atoms with Gasteiger partial charge in [-0.1, -0.05) is 60.1 Å². The number of rotatable bonds is 2. The number of fused-ring (bicyclic) bond motifs is 1. The first kappa shape index (κ1) is 11.3. The minimum absolute atomic E-state index is 0.301. The Labute approximate surface area is 118 Å². The van der Waals surface area contributed by atoms with Gasteiger partial charge in [0.05, 0.1) is 0 Å². The van der Waals surface area contributed by atoms with Gasteiger partial charge in [0.2, 0.25) is 0 Å². The van der Waals surface area contributed by atoms with Crippen molar-refractivity contribution in [1.29, 1.82) is 0 Å². The van der Waals surface area contributed by atoms with Gasteiger partial charge in [-0.2, -0.15) is 0 Å². The van der Waals surface area contributed by atoms with Gasteiger partial charge in [-0.25, -0.2) is 0 Å². The van der Waals surface area contributed by atoms with E-state index in [4.69, 9.17) is 11.6 Å². The Hall–Kier alpha value is -1.53. The number of hydrogen-bond acceptors (Lipinski definition) is 0. The molecule has 1 saturated carbocycles. The third kappa shape index (κ3) is 1.74. The van der Waals surface area contributed by atoms with E-state index in [1.54, 1.807) is 0 Å². The molecule has 0 N–H and O–H groups in total. The average Bonchev–Trinajstić information content (AvgIpc) is 3.03. The highest BCUT2D eigenvalue weighted by Gasteiger charge is 2.57. The molecular weight excluding hydrogens is 252 g/mol. The van der Waals surface area contributed by atoms with Crippen LogP contribution in [0.3, 0.4) is 0 Å². The molecule has 94 valence electrons. The van der Waals surface area contributed by atoms with Crippen LogP contribution in [0.4, 0.5) is 0 Å². The number of benzene rings is 2. The van der Waals surface area contributed by atoms with Crippen molar-refractivity contribution in [2.75, 3.05) is 0 Å². The van der Waals surface area contributed by atoms with E-state index in [1.165, 1.54) is 29.5 Å². The molecule has 2 aromatic carbocycles. The fourth-order valence-corrected chi connectivity index (χ4v) is 3.59. The highest BCUT2D eigenvalue weighted by Crippen LogP contribution is 2.64. The molecule has 1 fully saturated rings. The molecule has 0 nitrogen and oxygen atoms in total. The zero-order chi connectivity index (χ0) is 12.9. The van der Waals surface area contributed by atoms with Crippen LogP contribution >= 0.6 is 11.6 Å². The van der Waals surface area contributed by atoms with Crippen molar-refractivity contribution < 1.29 is 0 Å². The van der Waals surface area contributed by atoms with E-state index in [-0.39, 0.29) is 0 Å². The highest BCUT2D eigenvalue weighted by atomic mass is 35.5. The van der Waals surface area contributed by atoms with Crippen LogP contribution in [0.25, 0.3) is 5.57 Å². The molecule has 0 radical (unpaired) electrons. The summed E-state index contributed by atoms with van der Waals surface area (Å²) in [5.41, 5.74) is 4.61. The molecule has 0 spiro atoms. The van der Waals surface area contributed by atoms with Crippen molar-refractivity contribution in [2.24, 2.45) is 5.92 Å². The van der Waals surface area contributed by atoms with Gasteiger partial charge < -0.3 is 0 Å². The lowest BCUT2D eigenvalue weighted by Gasteiger charge is -2.10. The quantitative estimate of drug-likeness (QED) is 0.711. The first-order valence-corrected chi connectivity index (χ1v) is 7.19. The van der Waals surface area contributed by atoms with Crippen LogP contribution in [-0.4, -0.2) is 0 Å². The number of halogens is 1. The molecule has 0 aliphatic heterocycles. The summed E-state index contributed by atoms with van der Waals surface area (Å²) in [5.74, 6) is 0.795. The molecule has 2 atom stereocenters. The predicted molar refractivity (Wildman–Crippen MR) is 80.3 cm³/mol. The lowest BCUT2D eigenvalue weighted by Crippen LogP contribution is -2.02. The zero-order valence-corrected chi connectivity index (χ0v) is 11.4. The summed E-state index contributed by atoms with van der Waals surface area (Å²) in [6, 6.07) is 19.1. The van der Waals surface area contributed by atoms with Gasteiger partial charge >= 0.3 is 0 Å².